The molecule has 8 nitrogen and oxygen atoms in total. The number of benzene rings is 3. The summed E-state index contributed by atoms with van der Waals surface area (Å²) in [6, 6.07) is 11.9. The van der Waals surface area contributed by atoms with Crippen molar-refractivity contribution < 1.29 is 39.8 Å². The predicted molar refractivity (Wildman–Crippen MR) is 109 cm³/mol. The van der Waals surface area contributed by atoms with Crippen LogP contribution in [-0.4, -0.2) is 32.5 Å². The van der Waals surface area contributed by atoms with Crippen molar-refractivity contribution in [1.82, 2.24) is 0 Å². The Morgan fingerprint density at radius 2 is 1.65 bits per heavy atom. The van der Waals surface area contributed by atoms with Gasteiger partial charge in [-0.25, -0.2) is 14.5 Å². The van der Waals surface area contributed by atoms with E-state index in [4.69, 9.17) is 9.99 Å². The summed E-state index contributed by atoms with van der Waals surface area (Å²) in [4.78, 5) is 27.9. The Balaban J connectivity index is 2.16. The highest BCUT2D eigenvalue weighted by molar-refractivity contribution is 6.01. The van der Waals surface area contributed by atoms with Gasteiger partial charge in [0.25, 0.3) is 0 Å². The maximum atomic E-state index is 12.1. The molecule has 4 rings (SSSR count). The molecule has 0 fully saturated rings. The van der Waals surface area contributed by atoms with Crippen LogP contribution in [0.3, 0.4) is 0 Å². The topological polar surface area (TPSA) is 134 Å². The summed E-state index contributed by atoms with van der Waals surface area (Å²) >= 11 is 0. The van der Waals surface area contributed by atoms with Crippen LogP contribution in [0.2, 0.25) is 0 Å². The summed E-state index contributed by atoms with van der Waals surface area (Å²) in [5, 5.41) is 39.4. The number of hydrogen-bond acceptors (Lipinski definition) is 6. The molecule has 1 heterocycles. The van der Waals surface area contributed by atoms with Gasteiger partial charge in [-0.2, -0.15) is 0 Å². The van der Waals surface area contributed by atoms with E-state index < -0.39 is 18.5 Å². The summed E-state index contributed by atoms with van der Waals surface area (Å²) in [6.07, 6.45) is 0. The second-order valence-corrected chi connectivity index (χ2v) is 6.93. The molecule has 31 heavy (non-hydrogen) atoms. The Hall–Kier alpha value is -4.14. The molecule has 3 aromatic rings. The molecule has 0 radical (unpaired) electrons. The Kier molecular flexibility index (Phi) is 4.94. The third-order valence-electron chi connectivity index (χ3n) is 4.96. The number of aromatic hydroxyl groups is 1. The molecular formula is C23H16O8. The number of carboxylic acids is 2. The SMILES string of the molecule is C=c1ccc2c(c1)Oc1cc(O)ccc1C=2c1cc(COO)c(C(=O)O)cc1C(=O)O. The van der Waals surface area contributed by atoms with E-state index in [2.05, 4.69) is 11.5 Å². The molecule has 156 valence electrons. The van der Waals surface area contributed by atoms with Crippen molar-refractivity contribution in [3.8, 4) is 17.2 Å². The smallest absolute Gasteiger partial charge is 0.336 e. The lowest BCUT2D eigenvalue weighted by atomic mass is 9.87. The van der Waals surface area contributed by atoms with E-state index in [0.29, 0.717) is 33.1 Å². The number of carboxylic acid groups (broad SMARTS) is 2. The number of ether oxygens (including phenoxy) is 1. The van der Waals surface area contributed by atoms with E-state index in [0.717, 1.165) is 6.07 Å². The standard InChI is InChI=1S/C23H16O8/c1-11-2-4-14-19(6-11)31-20-8-13(24)3-5-15(20)21(14)17-7-12(10-30-29)16(22(25)26)9-18(17)23(27)28/h2-9,24,29H,1,10H2,(H,25,26)(H,27,28). The minimum atomic E-state index is -1.36. The molecule has 0 amide bonds. The van der Waals surface area contributed by atoms with Gasteiger partial charge in [-0.3, -0.25) is 5.26 Å². The minimum absolute atomic E-state index is 0.0404. The second-order valence-electron chi connectivity index (χ2n) is 6.93. The molecule has 0 saturated heterocycles. The van der Waals surface area contributed by atoms with E-state index in [1.54, 1.807) is 24.3 Å². The van der Waals surface area contributed by atoms with Crippen molar-refractivity contribution in [3.05, 3.63) is 86.8 Å². The lowest BCUT2D eigenvalue weighted by molar-refractivity contribution is -0.253. The third kappa shape index (κ3) is 3.50. The Morgan fingerprint density at radius 1 is 0.903 bits per heavy atom. The lowest BCUT2D eigenvalue weighted by Crippen LogP contribution is -2.21. The maximum Gasteiger partial charge on any atom is 0.336 e. The Labute approximate surface area is 175 Å². The number of hydrogen-bond donors (Lipinski definition) is 4. The molecule has 8 heteroatoms. The van der Waals surface area contributed by atoms with Gasteiger partial charge in [0.05, 0.1) is 11.1 Å². The largest absolute Gasteiger partial charge is 0.508 e. The van der Waals surface area contributed by atoms with Gasteiger partial charge in [-0.05, 0) is 46.7 Å². The van der Waals surface area contributed by atoms with Crippen molar-refractivity contribution in [2.24, 2.45) is 0 Å². The minimum Gasteiger partial charge on any atom is -0.508 e. The van der Waals surface area contributed by atoms with Crippen molar-refractivity contribution >= 4 is 24.1 Å². The first kappa shape index (κ1) is 20.1. The molecule has 0 bridgehead atoms. The second kappa shape index (κ2) is 7.60. The Morgan fingerprint density at radius 3 is 2.32 bits per heavy atom. The molecular weight excluding hydrogens is 404 g/mol. The van der Waals surface area contributed by atoms with Crippen molar-refractivity contribution in [2.45, 2.75) is 6.61 Å². The predicted octanol–water partition coefficient (Wildman–Crippen LogP) is 2.54. The molecule has 0 aliphatic carbocycles. The van der Waals surface area contributed by atoms with Gasteiger partial charge in [-0.15, -0.1) is 0 Å². The first-order chi connectivity index (χ1) is 14.8. The van der Waals surface area contributed by atoms with Crippen LogP contribution in [0.1, 0.15) is 37.4 Å². The zero-order valence-electron chi connectivity index (χ0n) is 16.0. The van der Waals surface area contributed by atoms with Crippen LogP contribution in [-0.2, 0) is 11.5 Å². The summed E-state index contributed by atoms with van der Waals surface area (Å²) in [5.74, 6) is -2.03. The molecule has 0 unspecified atom stereocenters. The molecule has 0 spiro atoms. The molecule has 0 aromatic heterocycles. The fraction of sp³-hybridized carbons (Fsp3) is 0.0435. The number of rotatable bonds is 5. The highest BCUT2D eigenvalue weighted by atomic mass is 17.1. The zero-order chi connectivity index (χ0) is 22.3. The van der Waals surface area contributed by atoms with Crippen molar-refractivity contribution in [2.75, 3.05) is 0 Å². The highest BCUT2D eigenvalue weighted by Crippen LogP contribution is 2.39. The van der Waals surface area contributed by atoms with Crippen LogP contribution < -0.4 is 15.2 Å². The first-order valence-electron chi connectivity index (χ1n) is 9.05. The van der Waals surface area contributed by atoms with E-state index >= 15 is 0 Å². The quantitative estimate of drug-likeness (QED) is 0.286. The van der Waals surface area contributed by atoms with Gasteiger partial charge in [0, 0.05) is 22.4 Å². The zero-order valence-corrected chi connectivity index (χ0v) is 16.0. The number of phenolic OH excluding ortho intramolecular Hbond substituents is 1. The van der Waals surface area contributed by atoms with Crippen LogP contribution in [0.25, 0.3) is 12.2 Å². The number of phenols is 1. The van der Waals surface area contributed by atoms with Gasteiger partial charge in [-0.1, -0.05) is 18.7 Å². The van der Waals surface area contributed by atoms with Gasteiger partial charge in [0.2, 0.25) is 0 Å². The van der Waals surface area contributed by atoms with Gasteiger partial charge in [0.1, 0.15) is 23.9 Å². The number of fused-ring (bicyclic) bond motifs is 2. The third-order valence-corrected chi connectivity index (χ3v) is 4.96. The van der Waals surface area contributed by atoms with E-state index in [-0.39, 0.29) is 28.0 Å². The van der Waals surface area contributed by atoms with Gasteiger partial charge in [0.15, 0.2) is 0 Å². The van der Waals surface area contributed by atoms with Crippen LogP contribution in [0.15, 0.2) is 48.5 Å². The molecule has 3 aromatic carbocycles. The van der Waals surface area contributed by atoms with E-state index in [1.807, 2.05) is 0 Å². The summed E-state index contributed by atoms with van der Waals surface area (Å²) in [5.41, 5.74) is 0.706. The molecule has 4 N–H and O–H groups in total. The lowest BCUT2D eigenvalue weighted by Gasteiger charge is -2.23. The molecule has 1 aliphatic rings. The van der Waals surface area contributed by atoms with Gasteiger partial charge >= 0.3 is 11.9 Å². The Bertz CT molecular complexity index is 1360. The normalized spacial score (nSPS) is 12.0. The summed E-state index contributed by atoms with van der Waals surface area (Å²) in [7, 11) is 0. The number of aromatic carboxylic acids is 2. The highest BCUT2D eigenvalue weighted by Gasteiger charge is 2.26. The average molecular weight is 420 g/mol. The fourth-order valence-corrected chi connectivity index (χ4v) is 3.63. The van der Waals surface area contributed by atoms with Crippen LogP contribution in [0, 0.1) is 0 Å². The van der Waals surface area contributed by atoms with Crippen LogP contribution >= 0.6 is 0 Å². The summed E-state index contributed by atoms with van der Waals surface area (Å²) in [6.45, 7) is 3.42. The van der Waals surface area contributed by atoms with E-state index in [9.17, 15) is 24.9 Å². The van der Waals surface area contributed by atoms with Gasteiger partial charge < -0.3 is 20.1 Å². The average Bonchev–Trinajstić information content (AvgIpc) is 2.71. The molecule has 0 atom stereocenters. The molecule has 0 saturated carbocycles. The van der Waals surface area contributed by atoms with Crippen molar-refractivity contribution in [1.29, 1.82) is 0 Å². The number of carbonyl (C=O) groups is 2. The van der Waals surface area contributed by atoms with Crippen LogP contribution in [0.5, 0.6) is 17.2 Å². The maximum absolute atomic E-state index is 12.1. The van der Waals surface area contributed by atoms with E-state index in [1.165, 1.54) is 18.2 Å². The summed E-state index contributed by atoms with van der Waals surface area (Å²) < 4.78 is 5.90. The van der Waals surface area contributed by atoms with Crippen LogP contribution in [0.4, 0.5) is 0 Å². The molecule has 1 aliphatic heterocycles. The fourth-order valence-electron chi connectivity index (χ4n) is 3.63. The first-order valence-corrected chi connectivity index (χ1v) is 9.05. The van der Waals surface area contributed by atoms with Crippen molar-refractivity contribution in [3.63, 3.8) is 0 Å². The monoisotopic (exact) mass is 420 g/mol.